The van der Waals surface area contributed by atoms with Gasteiger partial charge in [-0.1, -0.05) is 38.1 Å². The van der Waals surface area contributed by atoms with Gasteiger partial charge in [-0.3, -0.25) is 4.79 Å². The van der Waals surface area contributed by atoms with Gasteiger partial charge in [0.05, 0.1) is 0 Å². The highest BCUT2D eigenvalue weighted by atomic mass is 16.2. The second-order valence-electron chi connectivity index (χ2n) is 7.07. The monoisotopic (exact) mass is 286 g/mol. The molecule has 0 aromatic heterocycles. The SMILES string of the molecule is CC(C)c1ccc(CN2CC3(CCNCC3)CC2=O)cc1. The number of carbonyl (C=O) groups is 1. The van der Waals surface area contributed by atoms with Gasteiger partial charge in [0, 0.05) is 19.5 Å². The van der Waals surface area contributed by atoms with Gasteiger partial charge in [-0.15, -0.1) is 0 Å². The fourth-order valence-electron chi connectivity index (χ4n) is 3.65. The quantitative estimate of drug-likeness (QED) is 0.926. The lowest BCUT2D eigenvalue weighted by atomic mass is 9.78. The van der Waals surface area contributed by atoms with Crippen molar-refractivity contribution in [2.24, 2.45) is 5.41 Å². The summed E-state index contributed by atoms with van der Waals surface area (Å²) in [4.78, 5) is 14.4. The Morgan fingerprint density at radius 3 is 2.48 bits per heavy atom. The van der Waals surface area contributed by atoms with Crippen molar-refractivity contribution < 1.29 is 4.79 Å². The maximum Gasteiger partial charge on any atom is 0.223 e. The van der Waals surface area contributed by atoms with Crippen molar-refractivity contribution >= 4 is 5.91 Å². The molecule has 0 aliphatic carbocycles. The summed E-state index contributed by atoms with van der Waals surface area (Å²) < 4.78 is 0. The highest BCUT2D eigenvalue weighted by Crippen LogP contribution is 2.39. The van der Waals surface area contributed by atoms with E-state index in [0.29, 0.717) is 11.8 Å². The van der Waals surface area contributed by atoms with Gasteiger partial charge >= 0.3 is 0 Å². The lowest BCUT2D eigenvalue weighted by Crippen LogP contribution is -2.38. The van der Waals surface area contributed by atoms with Gasteiger partial charge in [0.15, 0.2) is 0 Å². The van der Waals surface area contributed by atoms with Crippen molar-refractivity contribution in [3.8, 4) is 0 Å². The Balaban J connectivity index is 1.66. The first kappa shape index (κ1) is 14.6. The largest absolute Gasteiger partial charge is 0.338 e. The maximum atomic E-state index is 12.3. The predicted molar refractivity (Wildman–Crippen MR) is 85.1 cm³/mol. The summed E-state index contributed by atoms with van der Waals surface area (Å²) in [7, 11) is 0. The minimum Gasteiger partial charge on any atom is -0.338 e. The molecule has 2 aliphatic heterocycles. The van der Waals surface area contributed by atoms with Crippen LogP contribution in [0.5, 0.6) is 0 Å². The van der Waals surface area contributed by atoms with E-state index in [9.17, 15) is 4.79 Å². The number of nitrogens with one attached hydrogen (secondary N) is 1. The third kappa shape index (κ3) is 3.13. The first-order valence-corrected chi connectivity index (χ1v) is 8.15. The van der Waals surface area contributed by atoms with Crippen molar-refractivity contribution in [1.29, 1.82) is 0 Å². The second-order valence-corrected chi connectivity index (χ2v) is 7.07. The Hall–Kier alpha value is -1.35. The van der Waals surface area contributed by atoms with E-state index in [2.05, 4.69) is 48.3 Å². The maximum absolute atomic E-state index is 12.3. The normalized spacial score (nSPS) is 21.5. The average molecular weight is 286 g/mol. The number of rotatable bonds is 3. The highest BCUT2D eigenvalue weighted by molar-refractivity contribution is 5.79. The van der Waals surface area contributed by atoms with Gasteiger partial charge in [0.1, 0.15) is 0 Å². The standard InChI is InChI=1S/C18H26N2O/c1-14(2)16-5-3-15(4-6-16)12-20-13-18(11-17(20)21)7-9-19-10-8-18/h3-6,14,19H,7-13H2,1-2H3. The van der Waals surface area contributed by atoms with Crippen molar-refractivity contribution in [1.82, 2.24) is 10.2 Å². The van der Waals surface area contributed by atoms with E-state index in [-0.39, 0.29) is 5.41 Å². The Bertz CT molecular complexity index is 500. The molecule has 2 fully saturated rings. The number of benzene rings is 1. The molecular formula is C18H26N2O. The molecule has 0 radical (unpaired) electrons. The number of hydrogen-bond donors (Lipinski definition) is 1. The molecule has 114 valence electrons. The zero-order valence-corrected chi connectivity index (χ0v) is 13.2. The van der Waals surface area contributed by atoms with E-state index in [1.165, 1.54) is 11.1 Å². The molecule has 3 rings (SSSR count). The Kier molecular flexibility index (Phi) is 4.03. The summed E-state index contributed by atoms with van der Waals surface area (Å²) in [6.07, 6.45) is 3.03. The molecule has 3 nitrogen and oxygen atoms in total. The molecule has 0 atom stereocenters. The molecule has 21 heavy (non-hydrogen) atoms. The van der Waals surface area contributed by atoms with E-state index in [1.807, 2.05) is 0 Å². The van der Waals surface area contributed by atoms with Crippen LogP contribution in [-0.4, -0.2) is 30.4 Å². The van der Waals surface area contributed by atoms with Crippen LogP contribution in [-0.2, 0) is 11.3 Å². The van der Waals surface area contributed by atoms with Crippen LogP contribution >= 0.6 is 0 Å². The lowest BCUT2D eigenvalue weighted by Gasteiger charge is -2.33. The summed E-state index contributed by atoms with van der Waals surface area (Å²) in [5.74, 6) is 0.898. The Labute approximate surface area is 127 Å². The van der Waals surface area contributed by atoms with Crippen LogP contribution in [0.25, 0.3) is 0 Å². The molecule has 1 aromatic rings. The number of nitrogens with zero attached hydrogens (tertiary/aromatic N) is 1. The number of likely N-dealkylation sites (tertiary alicyclic amines) is 1. The summed E-state index contributed by atoms with van der Waals surface area (Å²) >= 11 is 0. The number of hydrogen-bond acceptors (Lipinski definition) is 2. The Morgan fingerprint density at radius 1 is 1.19 bits per heavy atom. The lowest BCUT2D eigenvalue weighted by molar-refractivity contribution is -0.128. The van der Waals surface area contributed by atoms with Crippen LogP contribution in [0.2, 0.25) is 0 Å². The van der Waals surface area contributed by atoms with Gasteiger partial charge in [0.2, 0.25) is 5.91 Å². The average Bonchev–Trinajstić information content (AvgIpc) is 2.76. The molecular weight excluding hydrogens is 260 g/mol. The first-order valence-electron chi connectivity index (χ1n) is 8.15. The molecule has 2 aliphatic rings. The molecule has 1 N–H and O–H groups in total. The zero-order valence-electron chi connectivity index (χ0n) is 13.2. The number of carbonyl (C=O) groups excluding carboxylic acids is 1. The molecule has 1 aromatic carbocycles. The minimum atomic E-state index is 0.250. The molecule has 2 heterocycles. The van der Waals surface area contributed by atoms with Gasteiger partial charge in [-0.25, -0.2) is 0 Å². The van der Waals surface area contributed by atoms with Crippen molar-refractivity contribution in [2.75, 3.05) is 19.6 Å². The second kappa shape index (κ2) is 5.80. The molecule has 0 unspecified atom stereocenters. The summed E-state index contributed by atoms with van der Waals surface area (Å²) in [5.41, 5.74) is 2.86. The smallest absolute Gasteiger partial charge is 0.223 e. The minimum absolute atomic E-state index is 0.250. The van der Waals surface area contributed by atoms with Crippen molar-refractivity contribution in [2.45, 2.75) is 45.6 Å². The van der Waals surface area contributed by atoms with Crippen LogP contribution < -0.4 is 5.32 Å². The zero-order chi connectivity index (χ0) is 14.9. The summed E-state index contributed by atoms with van der Waals surface area (Å²) in [6, 6.07) is 8.74. The third-order valence-electron chi connectivity index (χ3n) is 5.09. The Morgan fingerprint density at radius 2 is 1.86 bits per heavy atom. The van der Waals surface area contributed by atoms with Gasteiger partial charge in [-0.2, -0.15) is 0 Å². The molecule has 3 heteroatoms. The first-order chi connectivity index (χ1) is 10.1. The van der Waals surface area contributed by atoms with Crippen LogP contribution in [0.3, 0.4) is 0 Å². The van der Waals surface area contributed by atoms with E-state index in [1.54, 1.807) is 0 Å². The van der Waals surface area contributed by atoms with Crippen molar-refractivity contribution in [3.05, 3.63) is 35.4 Å². The van der Waals surface area contributed by atoms with E-state index in [4.69, 9.17) is 0 Å². The van der Waals surface area contributed by atoms with Gasteiger partial charge in [0.25, 0.3) is 0 Å². The van der Waals surface area contributed by atoms with E-state index >= 15 is 0 Å². The highest BCUT2D eigenvalue weighted by Gasteiger charge is 2.43. The summed E-state index contributed by atoms with van der Waals surface area (Å²) in [6.45, 7) is 8.25. The van der Waals surface area contributed by atoms with Crippen LogP contribution in [0.1, 0.15) is 50.2 Å². The predicted octanol–water partition coefficient (Wildman–Crippen LogP) is 2.91. The summed E-state index contributed by atoms with van der Waals surface area (Å²) in [5, 5.41) is 3.40. The van der Waals surface area contributed by atoms with Gasteiger partial charge < -0.3 is 10.2 Å². The number of piperidine rings is 1. The number of amides is 1. The van der Waals surface area contributed by atoms with E-state index < -0.39 is 0 Å². The molecule has 2 saturated heterocycles. The molecule has 1 amide bonds. The van der Waals surface area contributed by atoms with Crippen LogP contribution in [0, 0.1) is 5.41 Å². The van der Waals surface area contributed by atoms with Crippen LogP contribution in [0.4, 0.5) is 0 Å². The molecule has 0 saturated carbocycles. The van der Waals surface area contributed by atoms with E-state index in [0.717, 1.165) is 45.4 Å². The van der Waals surface area contributed by atoms with Crippen LogP contribution in [0.15, 0.2) is 24.3 Å². The molecule has 0 bridgehead atoms. The molecule has 1 spiro atoms. The van der Waals surface area contributed by atoms with Crippen molar-refractivity contribution in [3.63, 3.8) is 0 Å². The topological polar surface area (TPSA) is 32.3 Å². The fraction of sp³-hybridized carbons (Fsp3) is 0.611. The fourth-order valence-corrected chi connectivity index (χ4v) is 3.65. The third-order valence-corrected chi connectivity index (χ3v) is 5.09. The van der Waals surface area contributed by atoms with Gasteiger partial charge in [-0.05, 0) is 48.4 Å².